The number of halogens is 2. The highest BCUT2D eigenvalue weighted by Crippen LogP contribution is 2.28. The Bertz CT molecular complexity index is 692. The van der Waals surface area contributed by atoms with Crippen LogP contribution < -0.4 is 15.4 Å². The maximum atomic E-state index is 12.3. The molecule has 1 aromatic heterocycles. The second-order valence-electron chi connectivity index (χ2n) is 5.77. The van der Waals surface area contributed by atoms with E-state index in [2.05, 4.69) is 15.6 Å². The van der Waals surface area contributed by atoms with Gasteiger partial charge in [0, 0.05) is 17.8 Å². The number of rotatable bonds is 5. The predicted molar refractivity (Wildman–Crippen MR) is 101 cm³/mol. The van der Waals surface area contributed by atoms with Gasteiger partial charge in [-0.15, -0.1) is 12.4 Å². The number of anilines is 1. The number of benzene rings is 1. The number of piperidine rings is 1. The molecule has 0 unspecified atom stereocenters. The monoisotopic (exact) mass is 381 g/mol. The fourth-order valence-electron chi connectivity index (χ4n) is 2.66. The first kappa shape index (κ1) is 19.5. The fourth-order valence-corrected chi connectivity index (χ4v) is 2.89. The lowest BCUT2D eigenvalue weighted by atomic mass is 9.97. The van der Waals surface area contributed by atoms with Gasteiger partial charge in [0.25, 0.3) is 0 Å². The van der Waals surface area contributed by atoms with Gasteiger partial charge in [-0.2, -0.15) is 0 Å². The highest BCUT2D eigenvalue weighted by molar-refractivity contribution is 6.32. The highest BCUT2D eigenvalue weighted by Gasteiger charge is 2.21. The summed E-state index contributed by atoms with van der Waals surface area (Å²) in [6.07, 6.45) is 3.45. The van der Waals surface area contributed by atoms with Gasteiger partial charge in [-0.05, 0) is 56.3 Å². The molecule has 134 valence electrons. The molecule has 2 aromatic rings. The van der Waals surface area contributed by atoms with Crippen molar-refractivity contribution in [3.8, 4) is 5.75 Å². The van der Waals surface area contributed by atoms with E-state index in [0.29, 0.717) is 23.1 Å². The Morgan fingerprint density at radius 3 is 2.76 bits per heavy atom. The average molecular weight is 382 g/mol. The topological polar surface area (TPSA) is 63.2 Å². The van der Waals surface area contributed by atoms with E-state index in [1.807, 2.05) is 18.2 Å². The van der Waals surface area contributed by atoms with E-state index in [-0.39, 0.29) is 24.2 Å². The van der Waals surface area contributed by atoms with Crippen LogP contribution in [0.3, 0.4) is 0 Å². The van der Waals surface area contributed by atoms with E-state index in [1.54, 1.807) is 24.4 Å². The van der Waals surface area contributed by atoms with E-state index >= 15 is 0 Å². The van der Waals surface area contributed by atoms with Crippen molar-refractivity contribution < 1.29 is 9.53 Å². The van der Waals surface area contributed by atoms with E-state index in [4.69, 9.17) is 16.3 Å². The van der Waals surface area contributed by atoms with Gasteiger partial charge < -0.3 is 15.4 Å². The van der Waals surface area contributed by atoms with E-state index < -0.39 is 0 Å². The molecule has 1 aliphatic heterocycles. The summed E-state index contributed by atoms with van der Waals surface area (Å²) in [4.78, 5) is 16.5. The molecule has 1 amide bonds. The van der Waals surface area contributed by atoms with Crippen molar-refractivity contribution in [2.45, 2.75) is 19.4 Å². The molecule has 1 fully saturated rings. The molecule has 0 radical (unpaired) electrons. The van der Waals surface area contributed by atoms with Gasteiger partial charge in [0.1, 0.15) is 12.4 Å². The summed E-state index contributed by atoms with van der Waals surface area (Å²) >= 11 is 6.26. The number of hydrogen-bond donors (Lipinski definition) is 2. The molecule has 25 heavy (non-hydrogen) atoms. The summed E-state index contributed by atoms with van der Waals surface area (Å²) in [5.41, 5.74) is 1.52. The third kappa shape index (κ3) is 5.59. The fraction of sp³-hybridized carbons (Fsp3) is 0.333. The first-order valence-electron chi connectivity index (χ1n) is 8.06. The first-order chi connectivity index (χ1) is 11.7. The summed E-state index contributed by atoms with van der Waals surface area (Å²) < 4.78 is 5.68. The number of aromatic nitrogens is 1. The van der Waals surface area contributed by atoms with Gasteiger partial charge in [0.2, 0.25) is 5.91 Å². The van der Waals surface area contributed by atoms with Gasteiger partial charge in [0.05, 0.1) is 10.7 Å². The Balaban J connectivity index is 0.00000225. The third-order valence-electron chi connectivity index (χ3n) is 4.01. The molecule has 7 heteroatoms. The molecule has 2 N–H and O–H groups in total. The quantitative estimate of drug-likeness (QED) is 0.828. The molecule has 3 rings (SSSR count). The number of carbonyl (C=O) groups excluding carboxylic acids is 1. The molecule has 0 bridgehead atoms. The molecule has 5 nitrogen and oxygen atoms in total. The number of amides is 1. The van der Waals surface area contributed by atoms with Crippen LogP contribution in [0.4, 0.5) is 5.69 Å². The molecule has 0 aliphatic carbocycles. The molecule has 0 saturated carbocycles. The minimum Gasteiger partial charge on any atom is -0.486 e. The molecule has 1 aromatic carbocycles. The van der Waals surface area contributed by atoms with Crippen LogP contribution in [0.1, 0.15) is 18.5 Å². The summed E-state index contributed by atoms with van der Waals surface area (Å²) in [6, 6.07) is 10.9. The largest absolute Gasteiger partial charge is 0.486 e. The molecule has 0 atom stereocenters. The standard InChI is InChI=1S/C18H20ClN3O2.ClH/c19-16-11-14(22-18(23)13-6-9-20-10-7-13)4-5-17(16)24-12-15-3-1-2-8-21-15;/h1-5,8,11,13,20H,6-7,9-10,12H2,(H,22,23);1H. The van der Waals surface area contributed by atoms with Crippen LogP contribution in [0.5, 0.6) is 5.75 Å². The van der Waals surface area contributed by atoms with Crippen LogP contribution >= 0.6 is 24.0 Å². The van der Waals surface area contributed by atoms with E-state index in [1.165, 1.54) is 0 Å². The zero-order chi connectivity index (χ0) is 16.8. The zero-order valence-electron chi connectivity index (χ0n) is 13.7. The number of hydrogen-bond acceptors (Lipinski definition) is 4. The van der Waals surface area contributed by atoms with Crippen molar-refractivity contribution in [1.82, 2.24) is 10.3 Å². The second-order valence-corrected chi connectivity index (χ2v) is 6.18. The number of nitrogens with one attached hydrogen (secondary N) is 2. The molecular formula is C18H21Cl2N3O2. The third-order valence-corrected chi connectivity index (χ3v) is 4.31. The van der Waals surface area contributed by atoms with Crippen LogP contribution in [0.25, 0.3) is 0 Å². The van der Waals surface area contributed by atoms with Crippen molar-refractivity contribution >= 4 is 35.6 Å². The second kappa shape index (κ2) is 9.61. The highest BCUT2D eigenvalue weighted by atomic mass is 35.5. The number of ether oxygens (including phenoxy) is 1. The van der Waals surface area contributed by atoms with Crippen molar-refractivity contribution in [2.75, 3.05) is 18.4 Å². The SMILES string of the molecule is Cl.O=C(Nc1ccc(OCc2ccccn2)c(Cl)c1)C1CCNCC1. The molecule has 0 spiro atoms. The average Bonchev–Trinajstić information content (AvgIpc) is 2.62. The normalized spacial score (nSPS) is 14.4. The zero-order valence-corrected chi connectivity index (χ0v) is 15.3. The summed E-state index contributed by atoms with van der Waals surface area (Å²) in [5, 5.41) is 6.66. The Morgan fingerprint density at radius 1 is 1.28 bits per heavy atom. The Labute approximate surface area is 158 Å². The molecular weight excluding hydrogens is 361 g/mol. The Kier molecular flexibility index (Phi) is 7.50. The van der Waals surface area contributed by atoms with Crippen molar-refractivity contribution in [3.05, 3.63) is 53.3 Å². The van der Waals surface area contributed by atoms with E-state index in [9.17, 15) is 4.79 Å². The summed E-state index contributed by atoms with van der Waals surface area (Å²) in [6.45, 7) is 2.12. The van der Waals surface area contributed by atoms with Crippen molar-refractivity contribution in [3.63, 3.8) is 0 Å². The summed E-state index contributed by atoms with van der Waals surface area (Å²) in [7, 11) is 0. The maximum absolute atomic E-state index is 12.3. The van der Waals surface area contributed by atoms with Crippen molar-refractivity contribution in [2.24, 2.45) is 5.92 Å². The summed E-state index contributed by atoms with van der Waals surface area (Å²) in [5.74, 6) is 0.682. The Hall–Kier alpha value is -1.82. The van der Waals surface area contributed by atoms with Crippen LogP contribution in [0, 0.1) is 5.92 Å². The van der Waals surface area contributed by atoms with Crippen LogP contribution in [0.2, 0.25) is 5.02 Å². The molecule has 1 aliphatic rings. The van der Waals surface area contributed by atoms with Crippen LogP contribution in [-0.4, -0.2) is 24.0 Å². The van der Waals surface area contributed by atoms with Crippen LogP contribution in [0.15, 0.2) is 42.6 Å². The lowest BCUT2D eigenvalue weighted by Gasteiger charge is -2.21. The van der Waals surface area contributed by atoms with Gasteiger partial charge in [0.15, 0.2) is 0 Å². The minimum absolute atomic E-state index is 0. The Morgan fingerprint density at radius 2 is 2.08 bits per heavy atom. The lowest BCUT2D eigenvalue weighted by molar-refractivity contribution is -0.120. The molecule has 2 heterocycles. The number of pyridine rings is 1. The molecule has 1 saturated heterocycles. The predicted octanol–water partition coefficient (Wildman–Crippen LogP) is 3.67. The van der Waals surface area contributed by atoms with Gasteiger partial charge >= 0.3 is 0 Å². The number of carbonyl (C=O) groups is 1. The number of nitrogens with zero attached hydrogens (tertiary/aromatic N) is 1. The van der Waals surface area contributed by atoms with Gasteiger partial charge in [-0.3, -0.25) is 9.78 Å². The van der Waals surface area contributed by atoms with Gasteiger partial charge in [-0.25, -0.2) is 0 Å². The minimum atomic E-state index is 0. The lowest BCUT2D eigenvalue weighted by Crippen LogP contribution is -2.34. The smallest absolute Gasteiger partial charge is 0.227 e. The van der Waals surface area contributed by atoms with Gasteiger partial charge in [-0.1, -0.05) is 17.7 Å². The first-order valence-corrected chi connectivity index (χ1v) is 8.44. The maximum Gasteiger partial charge on any atom is 0.227 e. The van der Waals surface area contributed by atoms with E-state index in [0.717, 1.165) is 31.6 Å². The van der Waals surface area contributed by atoms with Crippen molar-refractivity contribution in [1.29, 1.82) is 0 Å². The van der Waals surface area contributed by atoms with Crippen LogP contribution in [-0.2, 0) is 11.4 Å².